The average molecular weight is 522 g/mol. The van der Waals surface area contributed by atoms with Gasteiger partial charge in [-0.3, -0.25) is 10.2 Å². The van der Waals surface area contributed by atoms with Crippen LogP contribution in [-0.4, -0.2) is 35.9 Å². The fraction of sp³-hybridized carbons (Fsp3) is 0.263. The van der Waals surface area contributed by atoms with Crippen LogP contribution in [0.2, 0.25) is 0 Å². The summed E-state index contributed by atoms with van der Waals surface area (Å²) in [5.74, 6) is -7.44. The Balaban J connectivity index is 2.52. The van der Waals surface area contributed by atoms with Crippen molar-refractivity contribution in [1.82, 2.24) is 16.2 Å². The quantitative estimate of drug-likeness (QED) is 0.166. The van der Waals surface area contributed by atoms with Gasteiger partial charge in [-0.2, -0.15) is 44.9 Å². The molecule has 0 aliphatic heterocycles. The second-order valence-electron chi connectivity index (χ2n) is 6.87. The Morgan fingerprint density at radius 2 is 1.37 bits per heavy atom. The Bertz CT molecular complexity index is 1080. The molecule has 35 heavy (non-hydrogen) atoms. The molecule has 0 spiro atoms. The van der Waals surface area contributed by atoms with E-state index in [-0.39, 0.29) is 6.07 Å². The number of amides is 1. The van der Waals surface area contributed by atoms with Crippen LogP contribution >= 0.6 is 0 Å². The van der Waals surface area contributed by atoms with Crippen LogP contribution in [-0.2, 0) is 0 Å². The SMILES string of the molecule is Cc1ccc(C(=O)NC(NNC(=Nc2ccc(F)cc2F)C(F)(F)F)(C(F)(F)F)C(F)(F)F)cc1. The number of carbonyl (C=O) groups excluding carboxylic acids is 1. The Hall–Kier alpha value is -3.43. The summed E-state index contributed by atoms with van der Waals surface area (Å²) < 4.78 is 148. The summed E-state index contributed by atoms with van der Waals surface area (Å²) >= 11 is 0. The average Bonchev–Trinajstić information content (AvgIpc) is 2.69. The van der Waals surface area contributed by atoms with Crippen LogP contribution in [0.4, 0.5) is 54.0 Å². The topological polar surface area (TPSA) is 65.5 Å². The van der Waals surface area contributed by atoms with Gasteiger partial charge in [0.1, 0.15) is 11.5 Å². The van der Waals surface area contributed by atoms with E-state index in [1.54, 1.807) is 0 Å². The van der Waals surface area contributed by atoms with Crippen LogP contribution in [0.1, 0.15) is 15.9 Å². The summed E-state index contributed by atoms with van der Waals surface area (Å²) in [7, 11) is 0. The largest absolute Gasteiger partial charge is 0.450 e. The molecule has 0 bridgehead atoms. The van der Waals surface area contributed by atoms with Gasteiger partial charge < -0.3 is 5.32 Å². The number of carbonyl (C=O) groups is 1. The zero-order valence-corrected chi connectivity index (χ0v) is 17.1. The van der Waals surface area contributed by atoms with Crippen molar-refractivity contribution < 1.29 is 53.1 Å². The van der Waals surface area contributed by atoms with Gasteiger partial charge in [0.05, 0.1) is 0 Å². The molecule has 0 radical (unpaired) electrons. The fourth-order valence-electron chi connectivity index (χ4n) is 2.43. The Kier molecular flexibility index (Phi) is 7.69. The fourth-order valence-corrected chi connectivity index (χ4v) is 2.43. The zero-order chi connectivity index (χ0) is 26.8. The molecule has 0 atom stereocenters. The third-order valence-corrected chi connectivity index (χ3v) is 4.24. The summed E-state index contributed by atoms with van der Waals surface area (Å²) in [4.78, 5) is 14.8. The van der Waals surface area contributed by atoms with Crippen LogP contribution in [0.25, 0.3) is 0 Å². The maximum absolute atomic E-state index is 13.7. The number of hydrazine groups is 1. The lowest BCUT2D eigenvalue weighted by atomic mass is 10.1. The normalized spacial score (nSPS) is 13.5. The molecule has 2 rings (SSSR count). The molecule has 192 valence electrons. The first-order valence-electron chi connectivity index (χ1n) is 9.04. The number of halogens is 11. The van der Waals surface area contributed by atoms with Crippen LogP contribution in [0, 0.1) is 18.6 Å². The summed E-state index contributed by atoms with van der Waals surface area (Å²) in [5, 5.41) is 0.627. The lowest BCUT2D eigenvalue weighted by molar-refractivity contribution is -0.316. The van der Waals surface area contributed by atoms with Crippen LogP contribution in [0.15, 0.2) is 47.5 Å². The molecule has 2 aromatic rings. The minimum atomic E-state index is -6.46. The van der Waals surface area contributed by atoms with Gasteiger partial charge in [0, 0.05) is 11.6 Å². The highest BCUT2D eigenvalue weighted by Gasteiger charge is 2.73. The van der Waals surface area contributed by atoms with Gasteiger partial charge >= 0.3 is 24.2 Å². The lowest BCUT2D eigenvalue weighted by Gasteiger charge is -2.38. The van der Waals surface area contributed by atoms with E-state index in [1.807, 2.05) is 0 Å². The number of rotatable bonds is 5. The molecule has 16 heteroatoms. The molecule has 0 aliphatic carbocycles. The Morgan fingerprint density at radius 3 is 1.83 bits per heavy atom. The predicted molar refractivity (Wildman–Crippen MR) is 99.3 cm³/mol. The van der Waals surface area contributed by atoms with Crippen LogP contribution in [0.3, 0.4) is 0 Å². The number of benzene rings is 2. The minimum absolute atomic E-state index is 0.0811. The van der Waals surface area contributed by atoms with E-state index in [0.29, 0.717) is 33.9 Å². The summed E-state index contributed by atoms with van der Waals surface area (Å²) in [5.41, 5.74) is -5.87. The molecule has 1 amide bonds. The van der Waals surface area contributed by atoms with E-state index < -0.39 is 58.8 Å². The molecule has 0 saturated heterocycles. The molecular weight excluding hydrogens is 509 g/mol. The first kappa shape index (κ1) is 27.8. The highest BCUT2D eigenvalue weighted by atomic mass is 19.4. The number of nitrogens with zero attached hydrogens (tertiary/aromatic N) is 1. The standard InChI is InChI=1S/C19H13F11N4O/c1-9-2-4-10(5-3-9)14(35)32-17(18(25,26)27,19(28,29)30)34-33-15(16(22,23)24)31-13-7-6-11(20)8-12(13)21/h2-8,34H,1H3,(H,31,33)(H,32,35). The summed E-state index contributed by atoms with van der Waals surface area (Å²) in [6.07, 6.45) is -18.7. The van der Waals surface area contributed by atoms with Crippen molar-refractivity contribution >= 4 is 17.4 Å². The number of hydrogen-bond donors (Lipinski definition) is 3. The van der Waals surface area contributed by atoms with Crippen molar-refractivity contribution in [3.63, 3.8) is 0 Å². The molecule has 0 saturated carbocycles. The molecule has 0 heterocycles. The van der Waals surface area contributed by atoms with Crippen LogP contribution < -0.4 is 16.2 Å². The Morgan fingerprint density at radius 1 is 0.829 bits per heavy atom. The number of hydrogen-bond acceptors (Lipinski definition) is 3. The van der Waals surface area contributed by atoms with Gasteiger partial charge in [0.15, 0.2) is 5.82 Å². The molecular formula is C19H13F11N4O. The maximum Gasteiger partial charge on any atom is 0.450 e. The predicted octanol–water partition coefficient (Wildman–Crippen LogP) is 5.21. The third-order valence-electron chi connectivity index (χ3n) is 4.24. The highest BCUT2D eigenvalue weighted by molar-refractivity contribution is 5.95. The van der Waals surface area contributed by atoms with Crippen molar-refractivity contribution in [1.29, 1.82) is 0 Å². The summed E-state index contributed by atoms with van der Waals surface area (Å²) in [6.45, 7) is 1.50. The van der Waals surface area contributed by atoms with E-state index >= 15 is 0 Å². The number of amidine groups is 1. The van der Waals surface area contributed by atoms with Gasteiger partial charge in [-0.1, -0.05) is 17.7 Å². The van der Waals surface area contributed by atoms with E-state index in [2.05, 4.69) is 4.99 Å². The molecule has 0 unspecified atom stereocenters. The van der Waals surface area contributed by atoms with Gasteiger partial charge in [0.2, 0.25) is 5.84 Å². The van der Waals surface area contributed by atoms with E-state index in [4.69, 9.17) is 0 Å². The zero-order valence-electron chi connectivity index (χ0n) is 17.1. The second kappa shape index (κ2) is 9.67. The first-order valence-corrected chi connectivity index (χ1v) is 9.04. The number of nitrogens with one attached hydrogen (secondary N) is 3. The van der Waals surface area contributed by atoms with E-state index in [9.17, 15) is 53.1 Å². The maximum atomic E-state index is 13.7. The molecule has 3 N–H and O–H groups in total. The van der Waals surface area contributed by atoms with E-state index in [0.717, 1.165) is 12.1 Å². The van der Waals surface area contributed by atoms with Gasteiger partial charge in [-0.05, 0) is 31.2 Å². The van der Waals surface area contributed by atoms with Crippen molar-refractivity contribution in [2.45, 2.75) is 31.1 Å². The molecule has 0 aliphatic rings. The van der Waals surface area contributed by atoms with Crippen molar-refractivity contribution in [2.75, 3.05) is 0 Å². The molecule has 0 aromatic heterocycles. The highest BCUT2D eigenvalue weighted by Crippen LogP contribution is 2.41. The van der Waals surface area contributed by atoms with Crippen molar-refractivity contribution in [2.24, 2.45) is 4.99 Å². The lowest BCUT2D eigenvalue weighted by Crippen LogP contribution is -2.78. The number of aliphatic imine (C=N–C) groups is 1. The van der Waals surface area contributed by atoms with Crippen LogP contribution in [0.5, 0.6) is 0 Å². The monoisotopic (exact) mass is 522 g/mol. The number of aryl methyl sites for hydroxylation is 1. The van der Waals surface area contributed by atoms with Gasteiger partial charge in [-0.25, -0.2) is 13.8 Å². The first-order chi connectivity index (χ1) is 15.9. The number of alkyl halides is 9. The molecule has 2 aromatic carbocycles. The second-order valence-corrected chi connectivity index (χ2v) is 6.87. The smallest absolute Gasteiger partial charge is 0.317 e. The van der Waals surface area contributed by atoms with Gasteiger partial charge in [0.25, 0.3) is 5.91 Å². The molecule has 0 fully saturated rings. The van der Waals surface area contributed by atoms with Crippen molar-refractivity contribution in [3.05, 3.63) is 65.2 Å². The summed E-state index contributed by atoms with van der Waals surface area (Å²) in [6, 6.07) is 5.03. The van der Waals surface area contributed by atoms with Gasteiger partial charge in [-0.15, -0.1) is 0 Å². The molecule has 5 nitrogen and oxygen atoms in total. The Labute approximate surface area is 189 Å². The third kappa shape index (κ3) is 6.37. The van der Waals surface area contributed by atoms with E-state index in [1.165, 1.54) is 19.1 Å². The minimum Gasteiger partial charge on any atom is -0.317 e. The van der Waals surface area contributed by atoms with Crippen molar-refractivity contribution in [3.8, 4) is 0 Å².